The minimum atomic E-state index is -0.242. The summed E-state index contributed by atoms with van der Waals surface area (Å²) in [4.78, 5) is 13.1. The molecule has 148 valence electrons. The molecule has 0 saturated heterocycles. The maximum absolute atomic E-state index is 13.1. The predicted octanol–water partition coefficient (Wildman–Crippen LogP) is 3.38. The molecule has 1 atom stereocenters. The molecule has 9 heteroatoms. The van der Waals surface area contributed by atoms with Crippen LogP contribution in [0.15, 0.2) is 57.3 Å². The smallest absolute Gasteiger partial charge is 0.253 e. The summed E-state index contributed by atoms with van der Waals surface area (Å²) >= 11 is 1.35. The third kappa shape index (κ3) is 3.69. The van der Waals surface area contributed by atoms with Crippen molar-refractivity contribution < 1.29 is 9.21 Å². The Morgan fingerprint density at radius 2 is 2.07 bits per heavy atom. The zero-order chi connectivity index (χ0) is 19.8. The first kappa shape index (κ1) is 18.1. The molecule has 1 amide bonds. The quantitative estimate of drug-likeness (QED) is 0.581. The lowest BCUT2D eigenvalue weighted by Crippen LogP contribution is -2.28. The van der Waals surface area contributed by atoms with Gasteiger partial charge in [0.2, 0.25) is 5.16 Å². The zero-order valence-corrected chi connectivity index (χ0v) is 16.7. The molecule has 1 fully saturated rings. The summed E-state index contributed by atoms with van der Waals surface area (Å²) in [6.45, 7) is 2.05. The van der Waals surface area contributed by atoms with E-state index >= 15 is 0 Å². The van der Waals surface area contributed by atoms with Crippen LogP contribution in [-0.4, -0.2) is 42.6 Å². The summed E-state index contributed by atoms with van der Waals surface area (Å²) in [6.07, 6.45) is 4.42. The van der Waals surface area contributed by atoms with E-state index < -0.39 is 0 Å². The Morgan fingerprint density at radius 1 is 1.24 bits per heavy atom. The van der Waals surface area contributed by atoms with Crippen LogP contribution in [0.5, 0.6) is 0 Å². The second-order valence-corrected chi connectivity index (χ2v) is 8.25. The van der Waals surface area contributed by atoms with Gasteiger partial charge in [-0.15, -0.1) is 5.10 Å². The third-order valence-corrected chi connectivity index (χ3v) is 6.02. The van der Waals surface area contributed by atoms with Gasteiger partial charge in [-0.25, -0.2) is 9.69 Å². The van der Waals surface area contributed by atoms with Crippen LogP contribution in [0.4, 0.5) is 0 Å². The van der Waals surface area contributed by atoms with Crippen LogP contribution in [0.25, 0.3) is 0 Å². The number of benzene rings is 1. The van der Waals surface area contributed by atoms with E-state index in [0.717, 1.165) is 29.9 Å². The fourth-order valence-corrected chi connectivity index (χ4v) is 4.18. The normalized spacial score (nSPS) is 18.9. The average molecular weight is 408 g/mol. The van der Waals surface area contributed by atoms with Gasteiger partial charge in [-0.05, 0) is 47.9 Å². The monoisotopic (exact) mass is 408 g/mol. The molecule has 5 rings (SSSR count). The average Bonchev–Trinajstić information content (AvgIpc) is 3.16. The molecule has 1 aromatic carbocycles. The number of carbonyl (C=O) groups excluding carboxylic acids is 1. The van der Waals surface area contributed by atoms with Gasteiger partial charge in [-0.3, -0.25) is 4.79 Å². The van der Waals surface area contributed by atoms with Gasteiger partial charge in [0.05, 0.1) is 23.8 Å². The van der Waals surface area contributed by atoms with Gasteiger partial charge >= 0.3 is 0 Å². The first-order chi connectivity index (χ1) is 14.2. The lowest BCUT2D eigenvalue weighted by molar-refractivity contribution is -0.130. The van der Waals surface area contributed by atoms with Gasteiger partial charge in [-0.1, -0.05) is 41.6 Å². The molecular formula is C20H20N6O2S. The number of hydrogen-bond acceptors (Lipinski definition) is 7. The van der Waals surface area contributed by atoms with Crippen molar-refractivity contribution >= 4 is 23.4 Å². The molecule has 2 aliphatic rings. The van der Waals surface area contributed by atoms with Crippen LogP contribution in [0, 0.1) is 6.92 Å². The molecular weight excluding hydrogens is 388 g/mol. The number of carbonyl (C=O) groups is 1. The van der Waals surface area contributed by atoms with Gasteiger partial charge in [-0.2, -0.15) is 5.10 Å². The molecule has 0 radical (unpaired) electrons. The van der Waals surface area contributed by atoms with Crippen molar-refractivity contribution in [2.24, 2.45) is 5.10 Å². The fraction of sp³-hybridized carbons (Fsp3) is 0.350. The van der Waals surface area contributed by atoms with E-state index in [1.165, 1.54) is 17.3 Å². The van der Waals surface area contributed by atoms with Crippen molar-refractivity contribution in [1.82, 2.24) is 25.2 Å². The van der Waals surface area contributed by atoms with Crippen molar-refractivity contribution in [3.05, 3.63) is 59.5 Å². The van der Waals surface area contributed by atoms with E-state index in [0.29, 0.717) is 17.6 Å². The lowest BCUT2D eigenvalue weighted by Gasteiger charge is -2.19. The van der Waals surface area contributed by atoms with Crippen LogP contribution in [0.3, 0.4) is 0 Å². The Bertz CT molecular complexity index is 1040. The highest BCUT2D eigenvalue weighted by Crippen LogP contribution is 2.37. The van der Waals surface area contributed by atoms with E-state index in [2.05, 4.69) is 32.8 Å². The molecule has 1 saturated carbocycles. The highest BCUT2D eigenvalue weighted by molar-refractivity contribution is 7.99. The number of thioether (sulfide) groups is 1. The first-order valence-corrected chi connectivity index (χ1v) is 10.6. The van der Waals surface area contributed by atoms with Crippen molar-refractivity contribution in [3.8, 4) is 0 Å². The number of hydrazone groups is 1. The van der Waals surface area contributed by atoms with Gasteiger partial charge in [0.25, 0.3) is 5.91 Å². The fourth-order valence-electron chi connectivity index (χ4n) is 3.38. The summed E-state index contributed by atoms with van der Waals surface area (Å²) in [5, 5.41) is 18.7. The summed E-state index contributed by atoms with van der Waals surface area (Å²) in [5.74, 6) is 0.857. The van der Waals surface area contributed by atoms with Crippen LogP contribution in [0.1, 0.15) is 48.2 Å². The maximum atomic E-state index is 13.1. The second kappa shape index (κ2) is 7.47. The third-order valence-electron chi connectivity index (χ3n) is 5.10. The minimum absolute atomic E-state index is 0.0936. The molecule has 0 bridgehead atoms. The van der Waals surface area contributed by atoms with Gasteiger partial charge in [0, 0.05) is 6.42 Å². The Kier molecular flexibility index (Phi) is 4.67. The van der Waals surface area contributed by atoms with Crippen molar-refractivity contribution in [2.75, 3.05) is 5.75 Å². The molecule has 2 aromatic heterocycles. The van der Waals surface area contributed by atoms with E-state index in [9.17, 15) is 4.79 Å². The summed E-state index contributed by atoms with van der Waals surface area (Å²) in [7, 11) is 0. The van der Waals surface area contributed by atoms with E-state index in [1.807, 2.05) is 35.9 Å². The largest absolute Gasteiger partial charge is 0.467 e. The van der Waals surface area contributed by atoms with Crippen molar-refractivity contribution in [2.45, 2.75) is 43.4 Å². The molecule has 0 N–H and O–H groups in total. The van der Waals surface area contributed by atoms with Gasteiger partial charge in [0.15, 0.2) is 0 Å². The number of furan rings is 1. The number of tetrazole rings is 1. The second-order valence-electron chi connectivity index (χ2n) is 7.31. The van der Waals surface area contributed by atoms with E-state index in [-0.39, 0.29) is 17.7 Å². The van der Waals surface area contributed by atoms with E-state index in [1.54, 1.807) is 11.3 Å². The minimum Gasteiger partial charge on any atom is -0.467 e. The Morgan fingerprint density at radius 3 is 2.79 bits per heavy atom. The number of aromatic nitrogens is 4. The number of nitrogens with zero attached hydrogens (tertiary/aromatic N) is 6. The molecule has 8 nitrogen and oxygen atoms in total. The predicted molar refractivity (Wildman–Crippen MR) is 107 cm³/mol. The number of amides is 1. The van der Waals surface area contributed by atoms with Crippen LogP contribution >= 0.6 is 11.8 Å². The van der Waals surface area contributed by atoms with Crippen molar-refractivity contribution in [3.63, 3.8) is 0 Å². The highest BCUT2D eigenvalue weighted by Gasteiger charge is 2.35. The number of hydrogen-bond donors (Lipinski definition) is 0. The van der Waals surface area contributed by atoms with Crippen LogP contribution < -0.4 is 0 Å². The topological polar surface area (TPSA) is 89.4 Å². The maximum Gasteiger partial charge on any atom is 0.253 e. The molecule has 3 heterocycles. The van der Waals surface area contributed by atoms with Crippen LogP contribution in [0.2, 0.25) is 0 Å². The molecule has 0 unspecified atom stereocenters. The summed E-state index contributed by atoms with van der Waals surface area (Å²) in [5.41, 5.74) is 3.09. The first-order valence-electron chi connectivity index (χ1n) is 9.59. The molecule has 3 aromatic rings. The van der Waals surface area contributed by atoms with Crippen LogP contribution in [-0.2, 0) is 4.79 Å². The Hall–Kier alpha value is -2.94. The van der Waals surface area contributed by atoms with Crippen molar-refractivity contribution in [1.29, 1.82) is 0 Å². The Labute approximate surface area is 172 Å². The number of aryl methyl sites for hydroxylation is 1. The SMILES string of the molecule is Cc1ccc(C2=NN(C(=O)CSc3nnnn3C3CC3)[C@H](c3ccco3)C2)cc1. The Balaban J connectivity index is 1.36. The van der Waals surface area contributed by atoms with E-state index in [4.69, 9.17) is 4.42 Å². The molecule has 1 aliphatic heterocycles. The molecule has 1 aliphatic carbocycles. The molecule has 29 heavy (non-hydrogen) atoms. The highest BCUT2D eigenvalue weighted by atomic mass is 32.2. The summed E-state index contributed by atoms with van der Waals surface area (Å²) < 4.78 is 7.41. The van der Waals surface area contributed by atoms with Gasteiger partial charge in [0.1, 0.15) is 11.8 Å². The standard InChI is InChI=1S/C20H20N6O2S/c1-13-4-6-14(7-5-13)16-11-17(18-3-2-10-28-18)26(22-16)19(27)12-29-20-21-23-24-25(20)15-8-9-15/h2-7,10,15,17H,8-9,11-12H2,1H3/t17-/m0/s1. The number of rotatable bonds is 6. The lowest BCUT2D eigenvalue weighted by atomic mass is 10.0. The molecule has 0 spiro atoms. The van der Waals surface area contributed by atoms with Gasteiger partial charge < -0.3 is 4.42 Å². The summed E-state index contributed by atoms with van der Waals surface area (Å²) in [6, 6.07) is 12.0. The zero-order valence-electron chi connectivity index (χ0n) is 15.9.